The molecular formula is C25H22F3N5O2. The van der Waals surface area contributed by atoms with Crippen LogP contribution in [0.5, 0.6) is 11.6 Å². The molecule has 0 amide bonds. The van der Waals surface area contributed by atoms with Crippen molar-refractivity contribution >= 4 is 0 Å². The van der Waals surface area contributed by atoms with Crippen LogP contribution in [0, 0.1) is 0 Å². The summed E-state index contributed by atoms with van der Waals surface area (Å²) in [6, 6.07) is 10.8. The maximum atomic E-state index is 13.0. The molecule has 0 N–H and O–H groups in total. The zero-order chi connectivity index (χ0) is 24.6. The highest BCUT2D eigenvalue weighted by Gasteiger charge is 2.34. The molecule has 3 heterocycles. The molecular weight excluding hydrogens is 459 g/mol. The standard InChI is InChI=1S/C25H22F3N5O2/c1-33-13-20(25(26,27)28)31-23(33)17-7-5-15(6-8-17)14-35-24-19(34-2)12-30-22(32-24)18-4-3-11-29-21(18)16-9-10-16/h3-8,11-13,16H,9-10,14H2,1-2H3. The highest BCUT2D eigenvalue weighted by molar-refractivity contribution is 5.61. The van der Waals surface area contributed by atoms with Gasteiger partial charge < -0.3 is 14.0 Å². The van der Waals surface area contributed by atoms with Gasteiger partial charge in [0.05, 0.1) is 19.0 Å². The Morgan fingerprint density at radius 2 is 1.83 bits per heavy atom. The number of aryl methyl sites for hydroxylation is 1. The molecule has 1 saturated carbocycles. The number of pyridine rings is 1. The van der Waals surface area contributed by atoms with Crippen LogP contribution >= 0.6 is 0 Å². The molecule has 1 aliphatic rings. The molecule has 3 aromatic heterocycles. The minimum Gasteiger partial charge on any atom is -0.490 e. The maximum absolute atomic E-state index is 13.0. The highest BCUT2D eigenvalue weighted by atomic mass is 19.4. The Labute approximate surface area is 199 Å². The number of imidazole rings is 1. The van der Waals surface area contributed by atoms with E-state index in [9.17, 15) is 13.2 Å². The SMILES string of the molecule is COc1cnc(-c2cccnc2C2CC2)nc1OCc1ccc(-c2nc(C(F)(F)F)cn2C)cc1. The average Bonchev–Trinajstić information content (AvgIpc) is 3.63. The number of aromatic nitrogens is 5. The molecule has 0 saturated heterocycles. The van der Waals surface area contributed by atoms with Gasteiger partial charge in [-0.3, -0.25) is 4.98 Å². The number of hydrogen-bond donors (Lipinski definition) is 0. The van der Waals surface area contributed by atoms with Crippen LogP contribution in [0.25, 0.3) is 22.8 Å². The van der Waals surface area contributed by atoms with E-state index in [1.165, 1.54) is 18.7 Å². The fourth-order valence-corrected chi connectivity index (χ4v) is 3.79. The van der Waals surface area contributed by atoms with E-state index in [-0.39, 0.29) is 12.4 Å². The van der Waals surface area contributed by atoms with Crippen molar-refractivity contribution in [1.29, 1.82) is 0 Å². The monoisotopic (exact) mass is 481 g/mol. The van der Waals surface area contributed by atoms with Gasteiger partial charge in [0.15, 0.2) is 17.3 Å². The summed E-state index contributed by atoms with van der Waals surface area (Å²) < 4.78 is 51.6. The van der Waals surface area contributed by atoms with Gasteiger partial charge in [0.2, 0.25) is 0 Å². The lowest BCUT2D eigenvalue weighted by atomic mass is 10.1. The Morgan fingerprint density at radius 3 is 2.49 bits per heavy atom. The van der Waals surface area contributed by atoms with Crippen LogP contribution in [0.15, 0.2) is 55.0 Å². The van der Waals surface area contributed by atoms with Crippen molar-refractivity contribution in [3.05, 3.63) is 71.9 Å². The molecule has 5 rings (SSSR count). The average molecular weight is 481 g/mol. The number of ether oxygens (including phenoxy) is 2. The summed E-state index contributed by atoms with van der Waals surface area (Å²) in [4.78, 5) is 17.3. The predicted octanol–water partition coefficient (Wildman–Crippen LogP) is 5.42. The highest BCUT2D eigenvalue weighted by Crippen LogP contribution is 2.43. The lowest BCUT2D eigenvalue weighted by Gasteiger charge is -2.12. The summed E-state index contributed by atoms with van der Waals surface area (Å²) in [5.74, 6) is 1.88. The zero-order valence-electron chi connectivity index (χ0n) is 19.1. The van der Waals surface area contributed by atoms with Crippen LogP contribution in [0.1, 0.15) is 35.7 Å². The van der Waals surface area contributed by atoms with Gasteiger partial charge in [-0.15, -0.1) is 0 Å². The summed E-state index contributed by atoms with van der Waals surface area (Å²) >= 11 is 0. The van der Waals surface area contributed by atoms with Crippen LogP contribution in [0.3, 0.4) is 0 Å². The van der Waals surface area contributed by atoms with Crippen molar-refractivity contribution in [2.45, 2.75) is 31.5 Å². The van der Waals surface area contributed by atoms with Crippen molar-refractivity contribution in [3.8, 4) is 34.4 Å². The first-order valence-electron chi connectivity index (χ1n) is 11.0. The summed E-state index contributed by atoms with van der Waals surface area (Å²) in [5.41, 5.74) is 2.31. The van der Waals surface area contributed by atoms with E-state index < -0.39 is 11.9 Å². The molecule has 1 fully saturated rings. The second kappa shape index (κ2) is 9.01. The summed E-state index contributed by atoms with van der Waals surface area (Å²) in [6.45, 7) is 0.185. The van der Waals surface area contributed by atoms with Crippen LogP contribution in [0.4, 0.5) is 13.2 Å². The third-order valence-corrected chi connectivity index (χ3v) is 5.74. The van der Waals surface area contributed by atoms with Gasteiger partial charge in [0.1, 0.15) is 12.4 Å². The molecule has 1 aromatic carbocycles. The Bertz CT molecular complexity index is 1350. The van der Waals surface area contributed by atoms with Crippen LogP contribution in [-0.2, 0) is 19.8 Å². The molecule has 1 aliphatic carbocycles. The normalized spacial score (nSPS) is 13.6. The number of methoxy groups -OCH3 is 1. The Balaban J connectivity index is 1.34. The van der Waals surface area contributed by atoms with Gasteiger partial charge in [-0.2, -0.15) is 18.2 Å². The molecule has 4 aromatic rings. The van der Waals surface area contributed by atoms with Crippen molar-refractivity contribution in [2.75, 3.05) is 7.11 Å². The van der Waals surface area contributed by atoms with E-state index in [1.807, 2.05) is 12.1 Å². The number of nitrogens with zero attached hydrogens (tertiary/aromatic N) is 5. The minimum absolute atomic E-state index is 0.185. The first kappa shape index (κ1) is 22.8. The van der Waals surface area contributed by atoms with Gasteiger partial charge in [-0.25, -0.2) is 9.97 Å². The molecule has 180 valence electrons. The fourth-order valence-electron chi connectivity index (χ4n) is 3.79. The third-order valence-electron chi connectivity index (χ3n) is 5.74. The molecule has 35 heavy (non-hydrogen) atoms. The van der Waals surface area contributed by atoms with E-state index in [0.29, 0.717) is 28.9 Å². The van der Waals surface area contributed by atoms with Crippen LogP contribution in [-0.4, -0.2) is 31.6 Å². The second-order valence-electron chi connectivity index (χ2n) is 8.32. The number of alkyl halides is 3. The van der Waals surface area contributed by atoms with E-state index in [1.54, 1.807) is 36.7 Å². The van der Waals surface area contributed by atoms with Crippen LogP contribution in [0.2, 0.25) is 0 Å². The third kappa shape index (κ3) is 4.82. The Hall–Kier alpha value is -3.95. The smallest absolute Gasteiger partial charge is 0.434 e. The van der Waals surface area contributed by atoms with Gasteiger partial charge >= 0.3 is 6.18 Å². The largest absolute Gasteiger partial charge is 0.490 e. The molecule has 7 nitrogen and oxygen atoms in total. The fraction of sp³-hybridized carbons (Fsp3) is 0.280. The number of hydrogen-bond acceptors (Lipinski definition) is 6. The molecule has 0 spiro atoms. The van der Waals surface area contributed by atoms with E-state index in [2.05, 4.69) is 19.9 Å². The van der Waals surface area contributed by atoms with Crippen molar-refractivity contribution < 1.29 is 22.6 Å². The molecule has 0 bridgehead atoms. The topological polar surface area (TPSA) is 75.0 Å². The maximum Gasteiger partial charge on any atom is 0.434 e. The molecule has 0 aliphatic heterocycles. The zero-order valence-corrected chi connectivity index (χ0v) is 19.1. The van der Waals surface area contributed by atoms with Gasteiger partial charge in [0.25, 0.3) is 5.88 Å². The van der Waals surface area contributed by atoms with E-state index >= 15 is 0 Å². The molecule has 0 unspecified atom stereocenters. The second-order valence-corrected chi connectivity index (χ2v) is 8.32. The molecule has 10 heteroatoms. The predicted molar refractivity (Wildman–Crippen MR) is 122 cm³/mol. The Morgan fingerprint density at radius 1 is 1.06 bits per heavy atom. The molecule has 0 atom stereocenters. The Kier molecular flexibility index (Phi) is 5.88. The van der Waals surface area contributed by atoms with Crippen molar-refractivity contribution in [1.82, 2.24) is 24.5 Å². The van der Waals surface area contributed by atoms with Gasteiger partial charge in [-0.1, -0.05) is 24.3 Å². The van der Waals surface area contributed by atoms with Crippen molar-refractivity contribution in [3.63, 3.8) is 0 Å². The summed E-state index contributed by atoms with van der Waals surface area (Å²) in [5, 5.41) is 0. The lowest BCUT2D eigenvalue weighted by Crippen LogP contribution is -2.04. The summed E-state index contributed by atoms with van der Waals surface area (Å²) in [6.07, 6.45) is 2.04. The summed E-state index contributed by atoms with van der Waals surface area (Å²) in [7, 11) is 3.05. The first-order valence-corrected chi connectivity index (χ1v) is 11.0. The molecule has 0 radical (unpaired) electrons. The quantitative estimate of drug-likeness (QED) is 0.351. The lowest BCUT2D eigenvalue weighted by molar-refractivity contribution is -0.140. The van der Waals surface area contributed by atoms with Crippen LogP contribution < -0.4 is 9.47 Å². The van der Waals surface area contributed by atoms with Gasteiger partial charge in [0, 0.05) is 36.5 Å². The number of benzene rings is 1. The van der Waals surface area contributed by atoms with E-state index in [4.69, 9.17) is 9.47 Å². The van der Waals surface area contributed by atoms with Gasteiger partial charge in [-0.05, 0) is 30.5 Å². The van der Waals surface area contributed by atoms with Crippen molar-refractivity contribution in [2.24, 2.45) is 7.05 Å². The number of rotatable bonds is 7. The first-order chi connectivity index (χ1) is 16.8. The minimum atomic E-state index is -4.49. The van der Waals surface area contributed by atoms with E-state index in [0.717, 1.165) is 35.9 Å². The number of halogens is 3.